The van der Waals surface area contributed by atoms with Gasteiger partial charge in [0.1, 0.15) is 0 Å². The predicted molar refractivity (Wildman–Crippen MR) is 76.9 cm³/mol. The summed E-state index contributed by atoms with van der Waals surface area (Å²) in [4.78, 5) is 2.28. The summed E-state index contributed by atoms with van der Waals surface area (Å²) in [7, 11) is 2.11. The fraction of sp³-hybridized carbons (Fsp3) is 0.294. The molecule has 2 unspecified atom stereocenters. The van der Waals surface area contributed by atoms with E-state index in [1.807, 2.05) is 30.3 Å². The van der Waals surface area contributed by atoms with Crippen LogP contribution in [0.4, 0.5) is 0 Å². The Hall–Kier alpha value is -1.64. The smallest absolute Gasteiger partial charge is 0.0870 e. The first-order valence-corrected chi connectivity index (χ1v) is 6.75. The molecule has 2 aromatic rings. The normalized spacial score (nSPS) is 20.8. The number of nitrogens with zero attached hydrogens (tertiary/aromatic N) is 1. The molecule has 1 aliphatic rings. The zero-order valence-corrected chi connectivity index (χ0v) is 11.2. The van der Waals surface area contributed by atoms with Gasteiger partial charge in [-0.1, -0.05) is 54.6 Å². The molecular weight excluding hydrogens is 234 g/mol. The minimum atomic E-state index is -0.440. The van der Waals surface area contributed by atoms with Gasteiger partial charge in [-0.25, -0.2) is 0 Å². The Morgan fingerprint density at radius 3 is 2.53 bits per heavy atom. The summed E-state index contributed by atoms with van der Waals surface area (Å²) >= 11 is 0. The van der Waals surface area contributed by atoms with E-state index in [1.54, 1.807) is 0 Å². The molecule has 2 aromatic carbocycles. The molecule has 19 heavy (non-hydrogen) atoms. The number of hydrogen-bond donors (Lipinski definition) is 1. The first kappa shape index (κ1) is 12.4. The Bertz CT molecular complexity index is 552. The van der Waals surface area contributed by atoms with Gasteiger partial charge < -0.3 is 10.0 Å². The van der Waals surface area contributed by atoms with Crippen molar-refractivity contribution in [3.05, 3.63) is 71.3 Å². The van der Waals surface area contributed by atoms with E-state index in [0.29, 0.717) is 0 Å². The van der Waals surface area contributed by atoms with Crippen LogP contribution >= 0.6 is 0 Å². The Labute approximate surface area is 114 Å². The molecule has 2 atom stereocenters. The third kappa shape index (κ3) is 2.42. The van der Waals surface area contributed by atoms with E-state index < -0.39 is 6.10 Å². The topological polar surface area (TPSA) is 23.5 Å². The molecule has 1 aliphatic heterocycles. The number of fused-ring (bicyclic) bond motifs is 1. The summed E-state index contributed by atoms with van der Waals surface area (Å²) in [6, 6.07) is 18.4. The van der Waals surface area contributed by atoms with E-state index in [2.05, 4.69) is 36.2 Å². The minimum Gasteiger partial charge on any atom is -0.388 e. The van der Waals surface area contributed by atoms with Gasteiger partial charge in [-0.3, -0.25) is 0 Å². The van der Waals surface area contributed by atoms with Gasteiger partial charge in [-0.05, 0) is 23.7 Å². The van der Waals surface area contributed by atoms with Crippen molar-refractivity contribution in [2.45, 2.75) is 18.6 Å². The lowest BCUT2D eigenvalue weighted by Gasteiger charge is -2.35. The van der Waals surface area contributed by atoms with Gasteiger partial charge in [-0.15, -0.1) is 0 Å². The lowest BCUT2D eigenvalue weighted by Crippen LogP contribution is -2.33. The van der Waals surface area contributed by atoms with Crippen molar-refractivity contribution >= 4 is 0 Å². The fourth-order valence-corrected chi connectivity index (χ4v) is 2.98. The van der Waals surface area contributed by atoms with Crippen LogP contribution in [0.1, 0.15) is 28.7 Å². The van der Waals surface area contributed by atoms with Crippen LogP contribution < -0.4 is 0 Å². The molecule has 2 nitrogen and oxygen atoms in total. The Morgan fingerprint density at radius 2 is 1.74 bits per heavy atom. The largest absolute Gasteiger partial charge is 0.388 e. The van der Waals surface area contributed by atoms with E-state index in [-0.39, 0.29) is 5.92 Å². The van der Waals surface area contributed by atoms with Gasteiger partial charge in [0.15, 0.2) is 0 Å². The molecule has 0 saturated carbocycles. The number of rotatable bonds is 2. The highest BCUT2D eigenvalue weighted by atomic mass is 16.3. The molecule has 0 amide bonds. The van der Waals surface area contributed by atoms with Crippen molar-refractivity contribution in [1.29, 1.82) is 0 Å². The van der Waals surface area contributed by atoms with Crippen molar-refractivity contribution in [3.8, 4) is 0 Å². The fourth-order valence-electron chi connectivity index (χ4n) is 2.98. The van der Waals surface area contributed by atoms with Crippen LogP contribution in [-0.4, -0.2) is 23.6 Å². The van der Waals surface area contributed by atoms with Crippen LogP contribution in [0.2, 0.25) is 0 Å². The molecule has 0 aromatic heterocycles. The van der Waals surface area contributed by atoms with Crippen molar-refractivity contribution < 1.29 is 5.11 Å². The number of aliphatic hydroxyl groups is 1. The van der Waals surface area contributed by atoms with Gasteiger partial charge in [0.25, 0.3) is 0 Å². The van der Waals surface area contributed by atoms with E-state index in [0.717, 1.165) is 18.7 Å². The van der Waals surface area contributed by atoms with E-state index in [1.165, 1.54) is 11.1 Å². The summed E-state index contributed by atoms with van der Waals surface area (Å²) in [5, 5.41) is 10.7. The minimum absolute atomic E-state index is 0.150. The number of aliphatic hydroxyl groups excluding tert-OH is 1. The van der Waals surface area contributed by atoms with Crippen molar-refractivity contribution in [2.75, 3.05) is 13.6 Å². The SMILES string of the molecule is CN1Cc2ccccc2C(C(O)c2ccccc2)C1. The average Bonchev–Trinajstić information content (AvgIpc) is 2.46. The van der Waals surface area contributed by atoms with Gasteiger partial charge in [0.05, 0.1) is 6.10 Å². The maximum Gasteiger partial charge on any atom is 0.0870 e. The first-order valence-electron chi connectivity index (χ1n) is 6.75. The second kappa shape index (κ2) is 5.16. The molecule has 0 bridgehead atoms. The second-order valence-electron chi connectivity index (χ2n) is 5.36. The van der Waals surface area contributed by atoms with Crippen LogP contribution in [0.3, 0.4) is 0 Å². The quantitative estimate of drug-likeness (QED) is 0.889. The summed E-state index contributed by atoms with van der Waals surface area (Å²) in [6.45, 7) is 1.86. The molecule has 1 heterocycles. The highest BCUT2D eigenvalue weighted by molar-refractivity contribution is 5.35. The maximum absolute atomic E-state index is 10.7. The molecule has 0 fully saturated rings. The molecule has 1 N–H and O–H groups in total. The van der Waals surface area contributed by atoms with Crippen LogP contribution in [-0.2, 0) is 6.54 Å². The summed E-state index contributed by atoms with van der Waals surface area (Å²) in [5.74, 6) is 0.150. The van der Waals surface area contributed by atoms with Crippen molar-refractivity contribution in [3.63, 3.8) is 0 Å². The molecular formula is C17H19NO. The number of likely N-dealkylation sites (N-methyl/N-ethyl adjacent to an activating group) is 1. The van der Waals surface area contributed by atoms with Crippen LogP contribution in [0.5, 0.6) is 0 Å². The summed E-state index contributed by atoms with van der Waals surface area (Å²) in [5.41, 5.74) is 3.62. The van der Waals surface area contributed by atoms with Gasteiger partial charge >= 0.3 is 0 Å². The van der Waals surface area contributed by atoms with Crippen LogP contribution in [0.25, 0.3) is 0 Å². The molecule has 0 saturated heterocycles. The third-order valence-electron chi connectivity index (χ3n) is 3.93. The number of hydrogen-bond acceptors (Lipinski definition) is 2. The zero-order chi connectivity index (χ0) is 13.2. The highest BCUT2D eigenvalue weighted by Gasteiger charge is 2.29. The number of benzene rings is 2. The first-order chi connectivity index (χ1) is 9.25. The van der Waals surface area contributed by atoms with E-state index >= 15 is 0 Å². The maximum atomic E-state index is 10.7. The van der Waals surface area contributed by atoms with Crippen molar-refractivity contribution in [1.82, 2.24) is 4.90 Å². The van der Waals surface area contributed by atoms with Crippen LogP contribution in [0.15, 0.2) is 54.6 Å². The third-order valence-corrected chi connectivity index (χ3v) is 3.93. The lowest BCUT2D eigenvalue weighted by atomic mass is 9.83. The van der Waals surface area contributed by atoms with Crippen LogP contribution in [0, 0.1) is 0 Å². The van der Waals surface area contributed by atoms with Crippen molar-refractivity contribution in [2.24, 2.45) is 0 Å². The van der Waals surface area contributed by atoms with E-state index in [4.69, 9.17) is 0 Å². The molecule has 98 valence electrons. The molecule has 2 heteroatoms. The zero-order valence-electron chi connectivity index (χ0n) is 11.2. The molecule has 0 radical (unpaired) electrons. The summed E-state index contributed by atoms with van der Waals surface area (Å²) < 4.78 is 0. The van der Waals surface area contributed by atoms with Gasteiger partial charge in [0.2, 0.25) is 0 Å². The van der Waals surface area contributed by atoms with E-state index in [9.17, 15) is 5.11 Å². The summed E-state index contributed by atoms with van der Waals surface area (Å²) in [6.07, 6.45) is -0.440. The molecule has 3 rings (SSSR count). The lowest BCUT2D eigenvalue weighted by molar-refractivity contribution is 0.113. The van der Waals surface area contributed by atoms with Gasteiger partial charge in [0, 0.05) is 19.0 Å². The highest BCUT2D eigenvalue weighted by Crippen LogP contribution is 2.36. The Morgan fingerprint density at radius 1 is 1.05 bits per heavy atom. The standard InChI is InChI=1S/C17H19NO/c1-18-11-14-9-5-6-10-15(14)16(12-18)17(19)13-7-3-2-4-8-13/h2-10,16-17,19H,11-12H2,1H3. The Kier molecular flexibility index (Phi) is 3.36. The predicted octanol–water partition coefficient (Wildman–Crippen LogP) is 2.95. The average molecular weight is 253 g/mol. The molecule has 0 aliphatic carbocycles. The molecule has 0 spiro atoms. The Balaban J connectivity index is 1.97. The monoisotopic (exact) mass is 253 g/mol. The van der Waals surface area contributed by atoms with Gasteiger partial charge in [-0.2, -0.15) is 0 Å². The second-order valence-corrected chi connectivity index (χ2v) is 5.36.